The van der Waals surface area contributed by atoms with E-state index in [-0.39, 0.29) is 18.0 Å². The van der Waals surface area contributed by atoms with Crippen molar-refractivity contribution in [1.82, 2.24) is 10.6 Å². The Bertz CT molecular complexity index is 536. The first-order chi connectivity index (χ1) is 11.1. The van der Waals surface area contributed by atoms with Gasteiger partial charge in [-0.25, -0.2) is 4.79 Å². The predicted octanol–water partition coefficient (Wildman–Crippen LogP) is 2.17. The second-order valence-electron chi connectivity index (χ2n) is 5.33. The van der Waals surface area contributed by atoms with E-state index in [0.29, 0.717) is 37.7 Å². The molecule has 0 aromatic heterocycles. The van der Waals surface area contributed by atoms with Crippen molar-refractivity contribution in [1.29, 1.82) is 0 Å². The van der Waals surface area contributed by atoms with E-state index in [1.165, 1.54) is 0 Å². The summed E-state index contributed by atoms with van der Waals surface area (Å²) >= 11 is 5.85. The Morgan fingerprint density at radius 2 is 2.13 bits per heavy atom. The molecule has 1 aliphatic rings. The molecule has 1 aliphatic heterocycles. The van der Waals surface area contributed by atoms with E-state index in [2.05, 4.69) is 10.6 Å². The van der Waals surface area contributed by atoms with Crippen LogP contribution in [0.1, 0.15) is 19.8 Å². The maximum Gasteiger partial charge on any atom is 0.315 e. The van der Waals surface area contributed by atoms with Crippen LogP contribution in [-0.4, -0.2) is 44.3 Å². The van der Waals surface area contributed by atoms with Crippen molar-refractivity contribution in [2.75, 3.05) is 31.2 Å². The fraction of sp³-hybridized carbons (Fsp3) is 0.500. The molecule has 1 heterocycles. The first-order valence-corrected chi connectivity index (χ1v) is 8.16. The minimum Gasteiger partial charge on any atom is -0.382 e. The van der Waals surface area contributed by atoms with Crippen molar-refractivity contribution >= 4 is 29.2 Å². The molecule has 126 valence electrons. The van der Waals surface area contributed by atoms with Crippen molar-refractivity contribution in [3.8, 4) is 0 Å². The van der Waals surface area contributed by atoms with Gasteiger partial charge >= 0.3 is 6.03 Å². The van der Waals surface area contributed by atoms with Gasteiger partial charge in [-0.15, -0.1) is 0 Å². The van der Waals surface area contributed by atoms with Gasteiger partial charge in [0.2, 0.25) is 5.91 Å². The molecule has 1 fully saturated rings. The number of rotatable bonds is 7. The van der Waals surface area contributed by atoms with Gasteiger partial charge in [0.15, 0.2) is 0 Å². The molecule has 7 heteroatoms. The summed E-state index contributed by atoms with van der Waals surface area (Å²) in [6, 6.07) is 6.65. The summed E-state index contributed by atoms with van der Waals surface area (Å²) in [5, 5.41) is 6.23. The van der Waals surface area contributed by atoms with Crippen LogP contribution in [0.15, 0.2) is 24.3 Å². The highest BCUT2D eigenvalue weighted by atomic mass is 35.5. The Balaban J connectivity index is 1.76. The number of amides is 3. The van der Waals surface area contributed by atoms with Crippen LogP contribution < -0.4 is 15.5 Å². The van der Waals surface area contributed by atoms with Gasteiger partial charge in [-0.2, -0.15) is 0 Å². The summed E-state index contributed by atoms with van der Waals surface area (Å²) < 4.78 is 5.20. The van der Waals surface area contributed by atoms with E-state index in [0.717, 1.165) is 12.1 Å². The van der Waals surface area contributed by atoms with Crippen LogP contribution in [0.5, 0.6) is 0 Å². The molecule has 0 radical (unpaired) electrons. The highest BCUT2D eigenvalue weighted by Gasteiger charge is 2.31. The van der Waals surface area contributed by atoms with Crippen LogP contribution >= 0.6 is 11.6 Å². The Morgan fingerprint density at radius 3 is 2.83 bits per heavy atom. The first-order valence-electron chi connectivity index (χ1n) is 7.78. The highest BCUT2D eigenvalue weighted by molar-refractivity contribution is 6.30. The van der Waals surface area contributed by atoms with Crippen LogP contribution in [0.25, 0.3) is 0 Å². The second kappa shape index (κ2) is 8.74. The van der Waals surface area contributed by atoms with E-state index in [9.17, 15) is 9.59 Å². The third-order valence-corrected chi connectivity index (χ3v) is 3.81. The number of nitrogens with zero attached hydrogens (tertiary/aromatic N) is 1. The standard InChI is InChI=1S/C16H22ClN3O3/c1-2-23-9-3-8-18-16(22)19-13-10-15(21)20(11-13)14-6-4-12(17)5-7-14/h4-7,13H,2-3,8-11H2,1H3,(H2,18,19,22)/t13-/m0/s1. The van der Waals surface area contributed by atoms with E-state index < -0.39 is 0 Å². The molecular formula is C16H22ClN3O3. The van der Waals surface area contributed by atoms with Gasteiger partial charge in [0.1, 0.15) is 0 Å². The molecule has 6 nitrogen and oxygen atoms in total. The number of benzene rings is 1. The lowest BCUT2D eigenvalue weighted by molar-refractivity contribution is -0.117. The number of carbonyl (C=O) groups is 2. The molecule has 2 rings (SSSR count). The molecule has 0 unspecified atom stereocenters. The van der Waals surface area contributed by atoms with Crippen molar-refractivity contribution < 1.29 is 14.3 Å². The quantitative estimate of drug-likeness (QED) is 0.748. The fourth-order valence-electron chi connectivity index (χ4n) is 2.43. The lowest BCUT2D eigenvalue weighted by Gasteiger charge is -2.17. The largest absolute Gasteiger partial charge is 0.382 e. The number of carbonyl (C=O) groups excluding carboxylic acids is 2. The minimum atomic E-state index is -0.253. The molecule has 1 aromatic rings. The Kier molecular flexibility index (Phi) is 6.67. The third-order valence-electron chi connectivity index (χ3n) is 3.55. The molecule has 2 N–H and O–H groups in total. The monoisotopic (exact) mass is 339 g/mol. The molecule has 23 heavy (non-hydrogen) atoms. The summed E-state index contributed by atoms with van der Waals surface area (Å²) in [5.74, 6) is -0.00558. The van der Waals surface area contributed by atoms with Crippen molar-refractivity contribution in [2.45, 2.75) is 25.8 Å². The lowest BCUT2D eigenvalue weighted by atomic mass is 10.2. The molecule has 0 spiro atoms. The molecule has 0 saturated carbocycles. The van der Waals surface area contributed by atoms with Gasteiger partial charge in [0.05, 0.1) is 6.04 Å². The number of anilines is 1. The summed E-state index contributed by atoms with van der Waals surface area (Å²) in [5.41, 5.74) is 0.792. The molecular weight excluding hydrogens is 318 g/mol. The number of nitrogens with one attached hydrogen (secondary N) is 2. The average Bonchev–Trinajstić information content (AvgIpc) is 2.88. The Hall–Kier alpha value is -1.79. The predicted molar refractivity (Wildman–Crippen MR) is 89.9 cm³/mol. The second-order valence-corrected chi connectivity index (χ2v) is 5.77. The lowest BCUT2D eigenvalue weighted by Crippen LogP contribution is -2.43. The zero-order valence-electron chi connectivity index (χ0n) is 13.2. The fourth-order valence-corrected chi connectivity index (χ4v) is 2.56. The van der Waals surface area contributed by atoms with Crippen LogP contribution in [0.2, 0.25) is 5.02 Å². The van der Waals surface area contributed by atoms with Gasteiger partial charge in [0, 0.05) is 43.4 Å². The number of hydrogen-bond acceptors (Lipinski definition) is 3. The van der Waals surface area contributed by atoms with Crippen LogP contribution in [0.4, 0.5) is 10.5 Å². The summed E-state index contributed by atoms with van der Waals surface area (Å²) in [4.78, 5) is 25.6. The summed E-state index contributed by atoms with van der Waals surface area (Å²) in [6.45, 7) is 4.25. The van der Waals surface area contributed by atoms with Gasteiger partial charge < -0.3 is 20.3 Å². The topological polar surface area (TPSA) is 70.7 Å². The maximum absolute atomic E-state index is 12.1. The minimum absolute atomic E-state index is 0.00558. The molecule has 1 aromatic carbocycles. The number of urea groups is 1. The Labute approximate surface area is 141 Å². The van der Waals surface area contributed by atoms with E-state index in [1.54, 1.807) is 29.2 Å². The molecule has 1 saturated heterocycles. The van der Waals surface area contributed by atoms with Crippen LogP contribution in [0.3, 0.4) is 0 Å². The van der Waals surface area contributed by atoms with Gasteiger partial charge in [-0.3, -0.25) is 4.79 Å². The third kappa shape index (κ3) is 5.41. The van der Waals surface area contributed by atoms with Gasteiger partial charge in [-0.1, -0.05) is 11.6 Å². The van der Waals surface area contributed by atoms with Gasteiger partial charge in [-0.05, 0) is 37.6 Å². The zero-order valence-corrected chi connectivity index (χ0v) is 13.9. The maximum atomic E-state index is 12.1. The van der Waals surface area contributed by atoms with Crippen LogP contribution in [-0.2, 0) is 9.53 Å². The number of halogens is 1. The SMILES string of the molecule is CCOCCCNC(=O)N[C@H]1CC(=O)N(c2ccc(Cl)cc2)C1. The summed E-state index contributed by atoms with van der Waals surface area (Å²) in [6.07, 6.45) is 1.07. The summed E-state index contributed by atoms with van der Waals surface area (Å²) in [7, 11) is 0. The first kappa shape index (κ1) is 17.6. The Morgan fingerprint density at radius 1 is 1.39 bits per heavy atom. The zero-order chi connectivity index (χ0) is 16.7. The van der Waals surface area contributed by atoms with Crippen LogP contribution in [0, 0.1) is 0 Å². The highest BCUT2D eigenvalue weighted by Crippen LogP contribution is 2.23. The normalized spacial score (nSPS) is 17.4. The molecule has 0 aliphatic carbocycles. The number of hydrogen-bond donors (Lipinski definition) is 2. The van der Waals surface area contributed by atoms with Crippen molar-refractivity contribution in [3.05, 3.63) is 29.3 Å². The van der Waals surface area contributed by atoms with E-state index in [1.807, 2.05) is 6.92 Å². The van der Waals surface area contributed by atoms with Crippen molar-refractivity contribution in [3.63, 3.8) is 0 Å². The molecule has 3 amide bonds. The van der Waals surface area contributed by atoms with E-state index in [4.69, 9.17) is 16.3 Å². The molecule has 0 bridgehead atoms. The van der Waals surface area contributed by atoms with Gasteiger partial charge in [0.25, 0.3) is 0 Å². The average molecular weight is 340 g/mol. The molecule has 1 atom stereocenters. The van der Waals surface area contributed by atoms with E-state index >= 15 is 0 Å². The number of ether oxygens (including phenoxy) is 1. The van der Waals surface area contributed by atoms with Crippen molar-refractivity contribution in [2.24, 2.45) is 0 Å². The smallest absolute Gasteiger partial charge is 0.315 e.